The van der Waals surface area contributed by atoms with E-state index in [0.717, 1.165) is 68.8 Å². The van der Waals surface area contributed by atoms with Crippen LogP contribution in [0.4, 0.5) is 0 Å². The lowest BCUT2D eigenvalue weighted by Gasteiger charge is -2.30. The molecule has 0 aliphatic heterocycles. The molecule has 0 saturated carbocycles. The number of ether oxygens (including phenoxy) is 2. The van der Waals surface area contributed by atoms with E-state index in [1.165, 1.54) is 11.1 Å². The molecule has 0 bridgehead atoms. The van der Waals surface area contributed by atoms with Gasteiger partial charge in [-0.15, -0.1) is 40.8 Å². The molecule has 0 N–H and O–H groups in total. The minimum Gasteiger partial charge on any atom is -0.489 e. The van der Waals surface area contributed by atoms with E-state index in [0.29, 0.717) is 36.8 Å². The van der Waals surface area contributed by atoms with Crippen LogP contribution in [0.2, 0.25) is 0 Å². The zero-order valence-electron chi connectivity index (χ0n) is 35.2. The predicted octanol–water partition coefficient (Wildman–Crippen LogP) is 11.5. The van der Waals surface area contributed by atoms with Crippen molar-refractivity contribution in [1.82, 2.24) is 40.8 Å². The third-order valence-electron chi connectivity index (χ3n) is 11.8. The summed E-state index contributed by atoms with van der Waals surface area (Å²) in [6.07, 6.45) is 1.69. The van der Waals surface area contributed by atoms with Gasteiger partial charge in [-0.3, -0.25) is 0 Å². The van der Waals surface area contributed by atoms with E-state index in [4.69, 9.17) is 27.1 Å². The molecule has 14 nitrogen and oxygen atoms in total. The fourth-order valence-electron chi connectivity index (χ4n) is 8.35. The van der Waals surface area contributed by atoms with Gasteiger partial charge in [-0.1, -0.05) is 86.6 Å². The molecule has 0 atom stereocenters. The number of aromatic nitrogens is 8. The maximum atomic E-state index is 6.15. The van der Waals surface area contributed by atoms with Gasteiger partial charge >= 0.3 is 23.6 Å². The Kier molecular flexibility index (Phi) is 10.1. The van der Waals surface area contributed by atoms with Gasteiger partial charge in [0, 0.05) is 27.7 Å². The Bertz CT molecular complexity index is 3030. The van der Waals surface area contributed by atoms with Crippen LogP contribution in [0.25, 0.3) is 80.5 Å². The maximum absolute atomic E-state index is 6.15. The zero-order chi connectivity index (χ0) is 43.7. The highest BCUT2D eigenvalue weighted by Crippen LogP contribution is 2.54. The van der Waals surface area contributed by atoms with E-state index >= 15 is 0 Å². The van der Waals surface area contributed by atoms with Crippen LogP contribution in [0.1, 0.15) is 48.9 Å². The van der Waals surface area contributed by atoms with Crippen molar-refractivity contribution in [3.05, 3.63) is 168 Å². The van der Waals surface area contributed by atoms with Gasteiger partial charge in [0.05, 0.1) is 0 Å². The molecular formula is C51H38N8O6. The van der Waals surface area contributed by atoms with Crippen LogP contribution in [0.5, 0.6) is 11.5 Å². The summed E-state index contributed by atoms with van der Waals surface area (Å²) in [7, 11) is 0. The van der Waals surface area contributed by atoms with E-state index < -0.39 is 0 Å². The van der Waals surface area contributed by atoms with Crippen LogP contribution in [-0.2, 0) is 18.6 Å². The summed E-state index contributed by atoms with van der Waals surface area (Å²) in [6.45, 7) is 5.35. The molecule has 0 saturated heterocycles. The second-order valence-electron chi connectivity index (χ2n) is 15.6. The molecule has 65 heavy (non-hydrogen) atoms. The number of hydrogen-bond donors (Lipinski definition) is 0. The topological polar surface area (TPSA) is 174 Å². The van der Waals surface area contributed by atoms with Gasteiger partial charge in [0.15, 0.2) is 0 Å². The molecule has 11 rings (SSSR count). The molecule has 14 heteroatoms. The van der Waals surface area contributed by atoms with Crippen LogP contribution < -0.4 is 9.47 Å². The minimum absolute atomic E-state index is 0.125. The Morgan fingerprint density at radius 2 is 0.692 bits per heavy atom. The fourth-order valence-corrected chi connectivity index (χ4v) is 8.35. The molecule has 0 fully saturated rings. The van der Waals surface area contributed by atoms with E-state index in [2.05, 4.69) is 78.9 Å². The van der Waals surface area contributed by atoms with E-state index in [1.54, 1.807) is 0 Å². The van der Waals surface area contributed by atoms with Gasteiger partial charge in [0.1, 0.15) is 24.7 Å². The molecule has 1 aliphatic carbocycles. The quantitative estimate of drug-likeness (QED) is 0.101. The first-order valence-corrected chi connectivity index (χ1v) is 21.2. The Labute approximate surface area is 372 Å². The fraction of sp³-hybridized carbons (Fsp3) is 0.137. The van der Waals surface area contributed by atoms with Crippen molar-refractivity contribution in [3.8, 4) is 92.0 Å². The van der Waals surface area contributed by atoms with Gasteiger partial charge < -0.3 is 27.1 Å². The monoisotopic (exact) mass is 858 g/mol. The summed E-state index contributed by atoms with van der Waals surface area (Å²) in [5, 5.41) is 34.2. The average molecular weight is 859 g/mol. The van der Waals surface area contributed by atoms with Crippen molar-refractivity contribution < 1.29 is 27.1 Å². The Morgan fingerprint density at radius 1 is 0.369 bits per heavy atom. The second kappa shape index (κ2) is 16.6. The van der Waals surface area contributed by atoms with Crippen LogP contribution >= 0.6 is 0 Å². The summed E-state index contributed by atoms with van der Waals surface area (Å²) in [5.74, 6) is 3.29. The number of benzene rings is 6. The van der Waals surface area contributed by atoms with Crippen molar-refractivity contribution >= 4 is 0 Å². The number of fused-ring (bicyclic) bond motifs is 3. The third-order valence-corrected chi connectivity index (χ3v) is 11.8. The number of rotatable bonds is 14. The first-order chi connectivity index (χ1) is 32.0. The Hall–Kier alpha value is -8.52. The first-order valence-electron chi connectivity index (χ1n) is 21.2. The Morgan fingerprint density at radius 3 is 1.05 bits per heavy atom. The highest BCUT2D eigenvalue weighted by atomic mass is 16.5. The standard InChI is InChI=1S/C51H38N8O6/c1-3-51(4-2)41-27-35(45-54-58-49(64-45)47-56-52-43(62-47)33-15-21-37(22-16-33)60-29-31-11-7-5-8-12-31)19-25-39(41)40-26-20-36(28-42(40)51)46-55-59-50(65-46)48-57-53-44(63-48)34-17-23-38(24-18-34)61-30-32-13-9-6-10-14-32/h5-28H,3-4,29-30H2,1-2H3. The molecule has 318 valence electrons. The van der Waals surface area contributed by atoms with Gasteiger partial charge in [0.25, 0.3) is 0 Å². The first kappa shape index (κ1) is 39.3. The van der Waals surface area contributed by atoms with Gasteiger partial charge in [-0.05, 0) is 119 Å². The summed E-state index contributed by atoms with van der Waals surface area (Å²) in [6, 6.07) is 47.4. The normalized spacial score (nSPS) is 12.5. The van der Waals surface area contributed by atoms with Gasteiger partial charge in [-0.2, -0.15) is 0 Å². The minimum atomic E-state index is -0.310. The third kappa shape index (κ3) is 7.50. The summed E-state index contributed by atoms with van der Waals surface area (Å²) in [5.41, 5.74) is 9.50. The second-order valence-corrected chi connectivity index (χ2v) is 15.6. The van der Waals surface area contributed by atoms with Crippen molar-refractivity contribution in [2.75, 3.05) is 0 Å². The summed E-state index contributed by atoms with van der Waals surface area (Å²) >= 11 is 0. The molecular weight excluding hydrogens is 821 g/mol. The molecule has 0 radical (unpaired) electrons. The molecule has 10 aromatic rings. The number of nitrogens with zero attached hydrogens (tertiary/aromatic N) is 8. The smallest absolute Gasteiger partial charge is 0.306 e. The van der Waals surface area contributed by atoms with E-state index in [9.17, 15) is 0 Å². The lowest BCUT2D eigenvalue weighted by molar-refractivity contribution is 0.306. The predicted molar refractivity (Wildman–Crippen MR) is 239 cm³/mol. The van der Waals surface area contributed by atoms with Crippen LogP contribution in [0.3, 0.4) is 0 Å². The molecule has 4 aromatic heterocycles. The van der Waals surface area contributed by atoms with E-state index in [1.807, 2.05) is 121 Å². The van der Waals surface area contributed by atoms with Crippen molar-refractivity contribution in [1.29, 1.82) is 0 Å². The molecule has 6 aromatic carbocycles. The largest absolute Gasteiger partial charge is 0.489 e. The molecule has 0 unspecified atom stereocenters. The molecule has 0 amide bonds. The SMILES string of the molecule is CCC1(CC)c2cc(-c3nnc(-c4nnc(-c5ccc(OCc6ccccc6)cc5)o4)o3)ccc2-c2ccc(-c3nnc(-c4nnc(-c5ccc(OCc6ccccc6)cc5)o4)o3)cc21. The molecule has 1 aliphatic rings. The van der Waals surface area contributed by atoms with Crippen molar-refractivity contribution in [3.63, 3.8) is 0 Å². The van der Waals surface area contributed by atoms with Crippen LogP contribution in [0.15, 0.2) is 163 Å². The highest BCUT2D eigenvalue weighted by Gasteiger charge is 2.41. The lowest BCUT2D eigenvalue weighted by atomic mass is 9.73. The molecule has 4 heterocycles. The summed E-state index contributed by atoms with van der Waals surface area (Å²) < 4.78 is 36.1. The zero-order valence-corrected chi connectivity index (χ0v) is 35.2. The van der Waals surface area contributed by atoms with Crippen molar-refractivity contribution in [2.45, 2.75) is 45.3 Å². The average Bonchev–Trinajstić information content (AvgIpc) is 4.24. The highest BCUT2D eigenvalue weighted by molar-refractivity contribution is 5.85. The number of hydrogen-bond acceptors (Lipinski definition) is 14. The van der Waals surface area contributed by atoms with E-state index in [-0.39, 0.29) is 29.0 Å². The van der Waals surface area contributed by atoms with Crippen LogP contribution in [-0.4, -0.2) is 40.8 Å². The van der Waals surface area contributed by atoms with Gasteiger partial charge in [0.2, 0.25) is 23.6 Å². The van der Waals surface area contributed by atoms with Crippen molar-refractivity contribution in [2.24, 2.45) is 0 Å². The Balaban J connectivity index is 0.789. The summed E-state index contributed by atoms with van der Waals surface area (Å²) in [4.78, 5) is 0. The lowest BCUT2D eigenvalue weighted by Crippen LogP contribution is -2.23. The molecule has 0 spiro atoms. The maximum Gasteiger partial charge on any atom is 0.306 e. The van der Waals surface area contributed by atoms with Gasteiger partial charge in [-0.25, -0.2) is 0 Å². The van der Waals surface area contributed by atoms with Crippen LogP contribution in [0, 0.1) is 0 Å².